The van der Waals surface area contributed by atoms with Gasteiger partial charge in [-0.15, -0.1) is 0 Å². The van der Waals surface area contributed by atoms with Crippen molar-refractivity contribution in [3.8, 4) is 5.75 Å². The molecule has 0 radical (unpaired) electrons. The predicted octanol–water partition coefficient (Wildman–Crippen LogP) is 4.45. The number of hydrogen-bond donors (Lipinski definition) is 2. The molecule has 0 saturated carbocycles. The fraction of sp³-hybridized carbons (Fsp3) is 0.130. The molecule has 5 nitrogen and oxygen atoms in total. The van der Waals surface area contributed by atoms with E-state index in [4.69, 9.17) is 0 Å². The molecule has 146 valence electrons. The molecule has 3 aromatic rings. The fourth-order valence-electron chi connectivity index (χ4n) is 3.31. The van der Waals surface area contributed by atoms with Gasteiger partial charge in [0.1, 0.15) is 5.75 Å². The molecule has 1 aliphatic heterocycles. The van der Waals surface area contributed by atoms with Gasteiger partial charge in [-0.2, -0.15) is 0 Å². The van der Waals surface area contributed by atoms with Gasteiger partial charge in [0, 0.05) is 34.0 Å². The highest BCUT2D eigenvalue weighted by atomic mass is 32.2. The number of rotatable bonds is 4. The third-order valence-electron chi connectivity index (χ3n) is 4.84. The number of fused-ring (bicyclic) bond motifs is 2. The van der Waals surface area contributed by atoms with Crippen molar-refractivity contribution in [3.63, 3.8) is 0 Å². The quantitative estimate of drug-likeness (QED) is 0.674. The molecule has 1 aliphatic rings. The highest BCUT2D eigenvalue weighted by Gasteiger charge is 2.26. The molecule has 1 heterocycles. The molecule has 4 rings (SSSR count). The Kier molecular flexibility index (Phi) is 5.27. The van der Waals surface area contributed by atoms with E-state index >= 15 is 0 Å². The molecule has 0 aliphatic carbocycles. The Labute approximate surface area is 173 Å². The first-order chi connectivity index (χ1) is 14.1. The van der Waals surface area contributed by atoms with Crippen molar-refractivity contribution in [2.24, 2.45) is 0 Å². The van der Waals surface area contributed by atoms with Gasteiger partial charge in [-0.25, -0.2) is 0 Å². The van der Waals surface area contributed by atoms with Gasteiger partial charge in [-0.3, -0.25) is 9.59 Å². The Morgan fingerprint density at radius 1 is 1.03 bits per heavy atom. The minimum absolute atomic E-state index is 0.0684. The normalized spacial score (nSPS) is 12.7. The Bertz CT molecular complexity index is 1100. The lowest BCUT2D eigenvalue weighted by atomic mass is 10.1. The first-order valence-electron chi connectivity index (χ1n) is 9.36. The van der Waals surface area contributed by atoms with E-state index in [0.29, 0.717) is 23.2 Å². The summed E-state index contributed by atoms with van der Waals surface area (Å²) in [7, 11) is 0. The number of benzene rings is 3. The summed E-state index contributed by atoms with van der Waals surface area (Å²) in [4.78, 5) is 29.3. The third kappa shape index (κ3) is 3.71. The van der Waals surface area contributed by atoms with Crippen LogP contribution in [0.2, 0.25) is 0 Å². The van der Waals surface area contributed by atoms with Crippen molar-refractivity contribution in [1.82, 2.24) is 5.32 Å². The molecular weight excluding hydrogens is 384 g/mol. The van der Waals surface area contributed by atoms with Gasteiger partial charge in [0.15, 0.2) is 0 Å². The number of phenols is 1. The van der Waals surface area contributed by atoms with Gasteiger partial charge in [0.2, 0.25) is 0 Å². The van der Waals surface area contributed by atoms with E-state index < -0.39 is 0 Å². The summed E-state index contributed by atoms with van der Waals surface area (Å²) in [5.74, 6) is -0.181. The van der Waals surface area contributed by atoms with Crippen molar-refractivity contribution in [1.29, 1.82) is 0 Å². The molecule has 0 spiro atoms. The summed E-state index contributed by atoms with van der Waals surface area (Å²) in [5, 5.41) is 12.7. The van der Waals surface area contributed by atoms with E-state index in [2.05, 4.69) is 5.32 Å². The summed E-state index contributed by atoms with van der Waals surface area (Å²) < 4.78 is 0. The maximum absolute atomic E-state index is 13.0. The van der Waals surface area contributed by atoms with Gasteiger partial charge >= 0.3 is 0 Å². The molecule has 2 amide bonds. The Morgan fingerprint density at radius 3 is 2.59 bits per heavy atom. The van der Waals surface area contributed by atoms with E-state index in [1.807, 2.05) is 43.3 Å². The second-order valence-corrected chi connectivity index (χ2v) is 7.73. The van der Waals surface area contributed by atoms with Crippen LogP contribution in [0.4, 0.5) is 5.69 Å². The van der Waals surface area contributed by atoms with Crippen LogP contribution in [-0.4, -0.2) is 23.5 Å². The summed E-state index contributed by atoms with van der Waals surface area (Å²) >= 11 is 1.53. The second kappa shape index (κ2) is 8.01. The van der Waals surface area contributed by atoms with Gasteiger partial charge in [-0.05, 0) is 43.3 Å². The van der Waals surface area contributed by atoms with E-state index in [0.717, 1.165) is 15.5 Å². The number of para-hydroxylation sites is 1. The van der Waals surface area contributed by atoms with Crippen molar-refractivity contribution in [2.45, 2.75) is 23.3 Å². The first-order valence-corrected chi connectivity index (χ1v) is 10.2. The molecule has 0 aromatic heterocycles. The van der Waals surface area contributed by atoms with Crippen LogP contribution in [0.5, 0.6) is 5.75 Å². The number of hydrogen-bond acceptors (Lipinski definition) is 4. The van der Waals surface area contributed by atoms with Gasteiger partial charge in [0.25, 0.3) is 11.8 Å². The zero-order valence-corrected chi connectivity index (χ0v) is 16.7. The average Bonchev–Trinajstić information content (AvgIpc) is 2.86. The summed E-state index contributed by atoms with van der Waals surface area (Å²) in [6, 6.07) is 19.8. The van der Waals surface area contributed by atoms with E-state index in [9.17, 15) is 14.7 Å². The van der Waals surface area contributed by atoms with E-state index in [1.165, 1.54) is 11.8 Å². The van der Waals surface area contributed by atoms with Crippen LogP contribution in [0.3, 0.4) is 0 Å². The predicted molar refractivity (Wildman–Crippen MR) is 114 cm³/mol. The smallest absolute Gasteiger partial charge is 0.259 e. The number of amides is 2. The average molecular weight is 404 g/mol. The van der Waals surface area contributed by atoms with Crippen LogP contribution in [0.1, 0.15) is 33.2 Å². The zero-order chi connectivity index (χ0) is 20.4. The maximum atomic E-state index is 13.0. The number of carbonyl (C=O) groups is 2. The Hall–Kier alpha value is -3.25. The molecule has 0 saturated heterocycles. The van der Waals surface area contributed by atoms with Crippen molar-refractivity contribution < 1.29 is 14.7 Å². The lowest BCUT2D eigenvalue weighted by Crippen LogP contribution is -2.31. The number of anilines is 1. The number of nitrogens with one attached hydrogen (secondary N) is 1. The van der Waals surface area contributed by atoms with E-state index in [-0.39, 0.29) is 24.1 Å². The first kappa shape index (κ1) is 19.1. The number of carbonyl (C=O) groups excluding carboxylic acids is 2. The number of phenolic OH excluding ortho intramolecular Hbond substituents is 1. The number of aromatic hydroxyl groups is 1. The van der Waals surface area contributed by atoms with Gasteiger partial charge in [-0.1, -0.05) is 42.1 Å². The standard InChI is InChI=1S/C23H20N2O3S/c1-2-25-18-13-15(22(27)24-14-16-7-3-5-9-19(16)26)11-12-21(18)29-20-10-6-4-8-17(20)23(25)28/h3-13,26H,2,14H2,1H3,(H,24,27). The minimum Gasteiger partial charge on any atom is -0.508 e. The summed E-state index contributed by atoms with van der Waals surface area (Å²) in [6.45, 7) is 2.65. The van der Waals surface area contributed by atoms with Crippen molar-refractivity contribution >= 4 is 29.3 Å². The molecule has 2 N–H and O–H groups in total. The SMILES string of the molecule is CCN1C(=O)c2ccccc2Sc2ccc(C(=O)NCc3ccccc3O)cc21. The van der Waals surface area contributed by atoms with Crippen molar-refractivity contribution in [3.05, 3.63) is 83.4 Å². The molecule has 29 heavy (non-hydrogen) atoms. The minimum atomic E-state index is -0.258. The van der Waals surface area contributed by atoms with Crippen LogP contribution >= 0.6 is 11.8 Å². The fourth-order valence-corrected chi connectivity index (χ4v) is 4.37. The highest BCUT2D eigenvalue weighted by Crippen LogP contribution is 2.41. The molecule has 3 aromatic carbocycles. The Balaban J connectivity index is 1.62. The topological polar surface area (TPSA) is 69.6 Å². The van der Waals surface area contributed by atoms with E-state index in [1.54, 1.807) is 35.2 Å². The summed E-state index contributed by atoms with van der Waals surface area (Å²) in [5.41, 5.74) is 2.51. The second-order valence-electron chi connectivity index (χ2n) is 6.64. The Morgan fingerprint density at radius 2 is 1.79 bits per heavy atom. The van der Waals surface area contributed by atoms with Crippen LogP contribution in [0.25, 0.3) is 0 Å². The van der Waals surface area contributed by atoms with Gasteiger partial charge < -0.3 is 15.3 Å². The van der Waals surface area contributed by atoms with Crippen LogP contribution in [-0.2, 0) is 6.54 Å². The lowest BCUT2D eigenvalue weighted by Gasteiger charge is -2.21. The molecule has 0 bridgehead atoms. The molecular formula is C23H20N2O3S. The van der Waals surface area contributed by atoms with Crippen LogP contribution in [0.15, 0.2) is 76.5 Å². The molecule has 0 unspecified atom stereocenters. The van der Waals surface area contributed by atoms with Crippen LogP contribution < -0.4 is 10.2 Å². The lowest BCUT2D eigenvalue weighted by molar-refractivity contribution is 0.0947. The van der Waals surface area contributed by atoms with Gasteiger partial charge in [0.05, 0.1) is 11.3 Å². The maximum Gasteiger partial charge on any atom is 0.259 e. The molecule has 6 heteroatoms. The molecule has 0 atom stereocenters. The monoisotopic (exact) mass is 404 g/mol. The van der Waals surface area contributed by atoms with Crippen molar-refractivity contribution in [2.75, 3.05) is 11.4 Å². The number of nitrogens with zero attached hydrogens (tertiary/aromatic N) is 1. The zero-order valence-electron chi connectivity index (χ0n) is 15.9. The molecule has 0 fully saturated rings. The summed E-state index contributed by atoms with van der Waals surface area (Å²) in [6.07, 6.45) is 0. The highest BCUT2D eigenvalue weighted by molar-refractivity contribution is 7.99. The third-order valence-corrected chi connectivity index (χ3v) is 5.98. The van der Waals surface area contributed by atoms with Crippen LogP contribution in [0, 0.1) is 0 Å². The largest absolute Gasteiger partial charge is 0.508 e.